The summed E-state index contributed by atoms with van der Waals surface area (Å²) in [5.74, 6) is 0. The molecule has 3 nitrogen and oxygen atoms in total. The Morgan fingerprint density at radius 1 is 1.17 bits per heavy atom. The normalized spacial score (nSPS) is 13.0. The Bertz CT molecular complexity index is 506. The van der Waals surface area contributed by atoms with Gasteiger partial charge in [0.1, 0.15) is 0 Å². The molecule has 0 fully saturated rings. The van der Waals surface area contributed by atoms with Crippen LogP contribution in [0, 0.1) is 0 Å². The molecule has 0 bridgehead atoms. The molecule has 0 atom stereocenters. The van der Waals surface area contributed by atoms with E-state index in [0.29, 0.717) is 11.4 Å². The van der Waals surface area contributed by atoms with Crippen LogP contribution in [0.4, 0.5) is 0 Å². The molecule has 0 radical (unpaired) electrons. The molecule has 0 unspecified atom stereocenters. The molecule has 0 amide bonds. The number of hydrogen-bond acceptors (Lipinski definition) is 2. The van der Waals surface area contributed by atoms with Gasteiger partial charge in [-0.25, -0.2) is 0 Å². The van der Waals surface area contributed by atoms with E-state index in [1.165, 1.54) is 4.31 Å². The number of rotatable bonds is 5. The van der Waals surface area contributed by atoms with E-state index in [2.05, 4.69) is 14.8 Å². The first-order chi connectivity index (χ1) is 8.18. The van der Waals surface area contributed by atoms with Gasteiger partial charge in [-0.1, -0.05) is 0 Å². The number of benzene rings is 1. The predicted octanol–water partition coefficient (Wildman–Crippen LogP) is 2.75. The predicted molar refractivity (Wildman–Crippen MR) is 79.0 cm³/mol. The molecule has 0 aliphatic heterocycles. The number of nitrogens with zero attached hydrogens (tertiary/aromatic N) is 1. The van der Waals surface area contributed by atoms with E-state index >= 15 is 0 Å². The molecule has 0 aromatic heterocycles. The van der Waals surface area contributed by atoms with Gasteiger partial charge in [-0.15, -0.1) is 0 Å². The molecule has 18 heavy (non-hydrogen) atoms. The van der Waals surface area contributed by atoms with Gasteiger partial charge in [-0.2, -0.15) is 0 Å². The molecule has 0 spiro atoms. The van der Waals surface area contributed by atoms with Crippen molar-refractivity contribution >= 4 is 28.4 Å². The van der Waals surface area contributed by atoms with Crippen LogP contribution in [0.15, 0.2) is 29.2 Å². The van der Waals surface area contributed by atoms with Crippen molar-refractivity contribution in [2.75, 3.05) is 13.6 Å². The molecule has 0 aliphatic rings. The summed E-state index contributed by atoms with van der Waals surface area (Å²) in [5, 5.41) is 0. The Labute approximate surface area is 115 Å². The van der Waals surface area contributed by atoms with Crippen LogP contribution in [0.3, 0.4) is 0 Å². The van der Waals surface area contributed by atoms with Gasteiger partial charge in [0, 0.05) is 0 Å². The summed E-state index contributed by atoms with van der Waals surface area (Å²) in [6.45, 7) is 2.35. The van der Waals surface area contributed by atoms with Crippen LogP contribution in [-0.2, 0) is 14.5 Å². The molecule has 0 saturated carbocycles. The Hall–Kier alpha value is -0.0713. The minimum absolute atomic E-state index is 0.487. The first kappa shape index (κ1) is 16.0. The van der Waals surface area contributed by atoms with E-state index in [0.717, 1.165) is 10.0 Å². The summed E-state index contributed by atoms with van der Waals surface area (Å²) in [7, 11) is -1.69. The Kier molecular flexibility index (Phi) is 5.26. The van der Waals surface area contributed by atoms with Gasteiger partial charge in [0.25, 0.3) is 0 Å². The van der Waals surface area contributed by atoms with Gasteiger partial charge in [0.2, 0.25) is 0 Å². The zero-order valence-electron chi connectivity index (χ0n) is 11.9. The number of sulfonamides is 1. The molecule has 1 aromatic carbocycles. The fraction of sp³-hybridized carbons (Fsp3) is 0.538. The van der Waals surface area contributed by atoms with Gasteiger partial charge in [0.15, 0.2) is 0 Å². The van der Waals surface area contributed by atoms with E-state index in [-0.39, 0.29) is 0 Å². The van der Waals surface area contributed by atoms with E-state index in [9.17, 15) is 8.42 Å². The van der Waals surface area contributed by atoms with E-state index < -0.39 is 28.4 Å². The summed E-state index contributed by atoms with van der Waals surface area (Å²) in [5.41, 5.74) is 0.987. The summed E-state index contributed by atoms with van der Waals surface area (Å²) in [6, 6.07) is 7.42. The van der Waals surface area contributed by atoms with Crippen molar-refractivity contribution in [3.8, 4) is 0 Å². The Morgan fingerprint density at radius 2 is 1.72 bits per heavy atom. The van der Waals surface area contributed by atoms with Crippen molar-refractivity contribution in [2.45, 2.75) is 31.1 Å². The third kappa shape index (κ3) is 3.96. The van der Waals surface area contributed by atoms with E-state index in [4.69, 9.17) is 0 Å². The van der Waals surface area contributed by atoms with Gasteiger partial charge in [0.05, 0.1) is 0 Å². The third-order valence-electron chi connectivity index (χ3n) is 2.83. The standard InChI is InChI=1S/C10H14NO2S.3CH3.Sn/c1-4-11(3)14(12,13)10-8-6-5-7-9(10)2;;;;/h5-8H,2,4H2,1,3H3;3*1H3;. The molecule has 5 heteroatoms. The van der Waals surface area contributed by atoms with Crippen molar-refractivity contribution in [1.82, 2.24) is 4.31 Å². The molecule has 0 saturated heterocycles. The molecule has 1 rings (SSSR count). The summed E-state index contributed by atoms with van der Waals surface area (Å²) in [4.78, 5) is 7.45. The maximum absolute atomic E-state index is 12.4. The summed E-state index contributed by atoms with van der Waals surface area (Å²) in [6.07, 6.45) is 0. The fourth-order valence-electron chi connectivity index (χ4n) is 1.81. The van der Waals surface area contributed by atoms with Gasteiger partial charge in [-0.05, 0) is 0 Å². The van der Waals surface area contributed by atoms with Crippen molar-refractivity contribution in [2.24, 2.45) is 0 Å². The topological polar surface area (TPSA) is 37.4 Å². The fourth-order valence-corrected chi connectivity index (χ4v) is 7.72. The second-order valence-electron chi connectivity index (χ2n) is 5.76. The van der Waals surface area contributed by atoms with Crippen molar-refractivity contribution in [3.05, 3.63) is 29.8 Å². The third-order valence-corrected chi connectivity index (χ3v) is 8.97. The quantitative estimate of drug-likeness (QED) is 0.742. The molecule has 0 heterocycles. The van der Waals surface area contributed by atoms with Crippen LogP contribution in [0.5, 0.6) is 0 Å². The van der Waals surface area contributed by atoms with Gasteiger partial charge < -0.3 is 0 Å². The second kappa shape index (κ2) is 5.92. The molecule has 1 aromatic rings. The van der Waals surface area contributed by atoms with Crippen LogP contribution < -0.4 is 0 Å². The molecular weight excluding hydrogens is 353 g/mol. The minimum atomic E-state index is -3.33. The Balaban J connectivity index is 3.26. The van der Waals surface area contributed by atoms with Crippen LogP contribution in [0.2, 0.25) is 14.8 Å². The van der Waals surface area contributed by atoms with E-state index in [1.807, 2.05) is 19.1 Å². The average molecular weight is 376 g/mol. The average Bonchev–Trinajstić information content (AvgIpc) is 2.26. The SMILES string of the molecule is CCN(C)S(=O)(=O)c1ccccc1[CH2][Sn]([CH3])([CH3])[CH3]. The van der Waals surface area contributed by atoms with Crippen LogP contribution in [0.25, 0.3) is 0 Å². The maximum atomic E-state index is 12.4. The number of hydrogen-bond donors (Lipinski definition) is 0. The van der Waals surface area contributed by atoms with Crippen molar-refractivity contribution < 1.29 is 8.42 Å². The molecular formula is C13H23NO2SSn. The van der Waals surface area contributed by atoms with E-state index in [1.54, 1.807) is 19.2 Å². The molecule has 102 valence electrons. The van der Waals surface area contributed by atoms with Crippen molar-refractivity contribution in [3.63, 3.8) is 0 Å². The van der Waals surface area contributed by atoms with Crippen LogP contribution in [0.1, 0.15) is 12.5 Å². The monoisotopic (exact) mass is 377 g/mol. The molecule has 0 aliphatic carbocycles. The zero-order chi connectivity index (χ0) is 14.0. The summed E-state index contributed by atoms with van der Waals surface area (Å²) < 4.78 is 27.2. The Morgan fingerprint density at radius 3 is 2.22 bits per heavy atom. The van der Waals surface area contributed by atoms with Gasteiger partial charge >= 0.3 is 116 Å². The second-order valence-corrected chi connectivity index (χ2v) is 23.4. The zero-order valence-corrected chi connectivity index (χ0v) is 15.6. The first-order valence-electron chi connectivity index (χ1n) is 6.23. The summed E-state index contributed by atoms with van der Waals surface area (Å²) >= 11 is -2.05. The van der Waals surface area contributed by atoms with Crippen molar-refractivity contribution in [1.29, 1.82) is 0 Å². The van der Waals surface area contributed by atoms with Crippen LogP contribution in [-0.4, -0.2) is 44.7 Å². The van der Waals surface area contributed by atoms with Crippen LogP contribution >= 0.6 is 0 Å². The first-order valence-corrected chi connectivity index (χ1v) is 18.2. The van der Waals surface area contributed by atoms with Gasteiger partial charge in [-0.3, -0.25) is 0 Å². The molecule has 0 N–H and O–H groups in total.